The van der Waals surface area contributed by atoms with Crippen molar-refractivity contribution >= 4 is 21.6 Å². The van der Waals surface area contributed by atoms with Crippen molar-refractivity contribution in [2.75, 3.05) is 18.0 Å². The zero-order valence-corrected chi connectivity index (χ0v) is 8.62. The lowest BCUT2D eigenvalue weighted by Crippen LogP contribution is -2.17. The molecule has 0 amide bonds. The van der Waals surface area contributed by atoms with E-state index in [0.717, 1.165) is 25.9 Å². The van der Waals surface area contributed by atoms with E-state index >= 15 is 0 Å². The Bertz CT molecular complexity index is 404. The van der Waals surface area contributed by atoms with Crippen LogP contribution in [0.25, 0.3) is 0 Å². The quantitative estimate of drug-likeness (QED) is 0.736. The molecule has 0 saturated carbocycles. The monoisotopic (exact) mass is 246 g/mol. The Morgan fingerprint density at radius 3 is 2.69 bits per heavy atom. The Balaban J connectivity index is 2.59. The predicted octanol–water partition coefficient (Wildman–Crippen LogP) is 3.19. The molecule has 0 spiro atoms. The summed E-state index contributed by atoms with van der Waals surface area (Å²) in [5.74, 6) is -0.857. The van der Waals surface area contributed by atoms with Crippen molar-refractivity contribution in [3.63, 3.8) is 0 Å². The van der Waals surface area contributed by atoms with Gasteiger partial charge >= 0.3 is 0 Å². The molecule has 1 aliphatic rings. The molecule has 0 N–H and O–H groups in total. The van der Waals surface area contributed by atoms with Gasteiger partial charge in [0.1, 0.15) is 5.82 Å². The number of rotatable bonds is 1. The Labute approximate surface area is 89.9 Å². The molecule has 1 fully saturated rings. The molecule has 0 aliphatic carbocycles. The van der Waals surface area contributed by atoms with E-state index in [1.54, 1.807) is 0 Å². The van der Waals surface area contributed by atoms with Crippen LogP contribution in [0.3, 0.4) is 0 Å². The van der Waals surface area contributed by atoms with Gasteiger partial charge in [0.15, 0.2) is 0 Å². The first-order valence-electron chi connectivity index (χ1n) is 5.73. The van der Waals surface area contributed by atoms with Gasteiger partial charge in [-0.25, -0.2) is 4.39 Å². The molecule has 0 radical (unpaired) electrons. The van der Waals surface area contributed by atoms with E-state index in [1.165, 1.54) is 0 Å². The molecular formula is C10H11BrFN. The summed E-state index contributed by atoms with van der Waals surface area (Å²) in [6.45, 7) is 1.50. The van der Waals surface area contributed by atoms with E-state index in [9.17, 15) is 4.39 Å². The van der Waals surface area contributed by atoms with Gasteiger partial charge in [0.05, 0.1) is 4.11 Å². The first kappa shape index (κ1) is 6.02. The Morgan fingerprint density at radius 1 is 1.31 bits per heavy atom. The maximum absolute atomic E-state index is 13.6. The molecule has 0 unspecified atom stereocenters. The van der Waals surface area contributed by atoms with Crippen LogP contribution >= 0.6 is 15.9 Å². The number of benzene rings is 1. The van der Waals surface area contributed by atoms with Crippen LogP contribution in [0.15, 0.2) is 22.6 Å². The van der Waals surface area contributed by atoms with E-state index in [4.69, 9.17) is 4.11 Å². The van der Waals surface area contributed by atoms with Gasteiger partial charge in [-0.1, -0.05) is 15.9 Å². The van der Waals surface area contributed by atoms with Crippen molar-refractivity contribution in [2.24, 2.45) is 0 Å². The highest BCUT2D eigenvalue weighted by Gasteiger charge is 2.13. The van der Waals surface area contributed by atoms with Crippen LogP contribution in [0.5, 0.6) is 0 Å². The maximum Gasteiger partial charge on any atom is 0.126 e. The second-order valence-corrected chi connectivity index (χ2v) is 3.84. The molecule has 0 aromatic heterocycles. The van der Waals surface area contributed by atoms with Gasteiger partial charge in [-0.3, -0.25) is 0 Å². The van der Waals surface area contributed by atoms with E-state index in [0.29, 0.717) is 5.69 Å². The fraction of sp³-hybridized carbons (Fsp3) is 0.400. The number of anilines is 1. The SMILES string of the molecule is [2H]c1c(F)c([2H])c(N2CCCC2)c([2H])c1Br. The highest BCUT2D eigenvalue weighted by Crippen LogP contribution is 2.24. The molecule has 2 rings (SSSR count). The van der Waals surface area contributed by atoms with Gasteiger partial charge in [-0.15, -0.1) is 0 Å². The average Bonchev–Trinajstić information content (AvgIpc) is 2.77. The zero-order valence-electron chi connectivity index (χ0n) is 10.0. The maximum atomic E-state index is 13.6. The van der Waals surface area contributed by atoms with Crippen LogP contribution in [0.2, 0.25) is 0 Å². The summed E-state index contributed by atoms with van der Waals surface area (Å²) in [4.78, 5) is 1.85. The lowest BCUT2D eigenvalue weighted by Gasteiger charge is -2.17. The minimum Gasteiger partial charge on any atom is -0.371 e. The highest BCUT2D eigenvalue weighted by molar-refractivity contribution is 9.10. The first-order chi connectivity index (χ1) is 7.54. The third kappa shape index (κ3) is 2.02. The summed E-state index contributed by atoms with van der Waals surface area (Å²) in [5, 5.41) is 0. The van der Waals surface area contributed by atoms with E-state index < -0.39 is 11.9 Å². The van der Waals surface area contributed by atoms with Crippen molar-refractivity contribution in [3.05, 3.63) is 28.4 Å². The molecule has 0 bridgehead atoms. The normalized spacial score (nSPS) is 19.8. The second kappa shape index (κ2) is 3.66. The molecule has 1 aliphatic heterocycles. The molecule has 13 heavy (non-hydrogen) atoms. The van der Waals surface area contributed by atoms with Gasteiger partial charge in [0, 0.05) is 23.2 Å². The lowest BCUT2D eigenvalue weighted by atomic mass is 10.3. The van der Waals surface area contributed by atoms with Crippen LogP contribution in [0, 0.1) is 5.82 Å². The minimum absolute atomic E-state index is 0.0401. The van der Waals surface area contributed by atoms with Gasteiger partial charge < -0.3 is 4.90 Å². The molecule has 1 aromatic carbocycles. The van der Waals surface area contributed by atoms with Crippen LogP contribution < -0.4 is 4.90 Å². The number of nitrogens with zero attached hydrogens (tertiary/aromatic N) is 1. The first-order valence-corrected chi connectivity index (χ1v) is 5.03. The number of halogens is 2. The highest BCUT2D eigenvalue weighted by atomic mass is 79.9. The molecule has 1 aromatic rings. The predicted molar refractivity (Wildman–Crippen MR) is 55.5 cm³/mol. The van der Waals surface area contributed by atoms with Crippen LogP contribution in [0.1, 0.15) is 17.0 Å². The smallest absolute Gasteiger partial charge is 0.126 e. The van der Waals surface area contributed by atoms with Crippen LogP contribution in [-0.4, -0.2) is 13.1 Å². The summed E-state index contributed by atoms with van der Waals surface area (Å²) >= 11 is 3.04. The second-order valence-electron chi connectivity index (χ2n) is 3.05. The van der Waals surface area contributed by atoms with E-state index in [1.807, 2.05) is 4.90 Å². The van der Waals surface area contributed by atoms with Gasteiger partial charge in [-0.2, -0.15) is 0 Å². The average molecular weight is 247 g/mol. The van der Waals surface area contributed by atoms with Crippen LogP contribution in [0.4, 0.5) is 10.1 Å². The zero-order chi connectivity index (χ0) is 11.9. The summed E-state index contributed by atoms with van der Waals surface area (Å²) in [7, 11) is 0. The number of hydrogen-bond acceptors (Lipinski definition) is 1. The Kier molecular flexibility index (Phi) is 1.69. The minimum atomic E-state index is -0.857. The molecule has 1 heterocycles. The van der Waals surface area contributed by atoms with Crippen molar-refractivity contribution in [1.82, 2.24) is 0 Å². The Morgan fingerprint density at radius 2 is 2.00 bits per heavy atom. The number of hydrogen-bond donors (Lipinski definition) is 0. The lowest BCUT2D eigenvalue weighted by molar-refractivity contribution is 0.626. The molecular weight excluding hydrogens is 233 g/mol. The largest absolute Gasteiger partial charge is 0.371 e. The van der Waals surface area contributed by atoms with Gasteiger partial charge in [0.2, 0.25) is 0 Å². The molecule has 3 heteroatoms. The fourth-order valence-corrected chi connectivity index (χ4v) is 1.86. The molecule has 1 nitrogen and oxygen atoms in total. The Hall–Kier alpha value is -0.570. The van der Waals surface area contributed by atoms with Crippen molar-refractivity contribution < 1.29 is 8.50 Å². The van der Waals surface area contributed by atoms with Gasteiger partial charge in [-0.05, 0) is 31.0 Å². The summed E-state index contributed by atoms with van der Waals surface area (Å²) in [5.41, 5.74) is 0.304. The summed E-state index contributed by atoms with van der Waals surface area (Å²) in [6.07, 6.45) is 2.00. The third-order valence-corrected chi connectivity index (χ3v) is 2.49. The van der Waals surface area contributed by atoms with Crippen LogP contribution in [-0.2, 0) is 0 Å². The molecule has 70 valence electrons. The summed E-state index contributed by atoms with van der Waals surface area (Å²) < 4.78 is 36.6. The van der Waals surface area contributed by atoms with E-state index in [2.05, 4.69) is 15.9 Å². The molecule has 0 atom stereocenters. The topological polar surface area (TPSA) is 3.24 Å². The third-order valence-electron chi connectivity index (χ3n) is 2.10. The standard InChI is InChI=1S/C10H11BrFN/c11-8-5-9(12)7-10(6-8)13-3-1-2-4-13/h5-7H,1-4H2/i5D,6D,7D. The fourth-order valence-electron chi connectivity index (χ4n) is 1.50. The summed E-state index contributed by atoms with van der Waals surface area (Å²) in [6, 6.07) is -0.698. The van der Waals surface area contributed by atoms with Crippen molar-refractivity contribution in [1.29, 1.82) is 0 Å². The van der Waals surface area contributed by atoms with Crippen molar-refractivity contribution in [3.8, 4) is 0 Å². The van der Waals surface area contributed by atoms with E-state index in [-0.39, 0.29) is 16.6 Å². The van der Waals surface area contributed by atoms with Gasteiger partial charge in [0.25, 0.3) is 0 Å². The molecule has 1 saturated heterocycles. The van der Waals surface area contributed by atoms with Crippen molar-refractivity contribution in [2.45, 2.75) is 12.8 Å².